The van der Waals surface area contributed by atoms with E-state index in [0.717, 1.165) is 28.1 Å². The van der Waals surface area contributed by atoms with Crippen LogP contribution in [0.15, 0.2) is 43.0 Å². The molecule has 0 aliphatic carbocycles. The fraction of sp³-hybridized carbons (Fsp3) is 0.200. The van der Waals surface area contributed by atoms with Gasteiger partial charge in [0.2, 0.25) is 5.88 Å². The molecule has 1 unspecified atom stereocenters. The molecule has 1 aliphatic rings. The van der Waals surface area contributed by atoms with Gasteiger partial charge in [0.05, 0.1) is 18.1 Å². The number of rotatable bonds is 3. The first kappa shape index (κ1) is 12.2. The number of benzene rings is 1. The fourth-order valence-electron chi connectivity index (χ4n) is 2.07. The summed E-state index contributed by atoms with van der Waals surface area (Å²) in [6, 6.07) is 7.83. The highest BCUT2D eigenvalue weighted by atomic mass is 32.2. The van der Waals surface area contributed by atoms with Crippen LogP contribution in [0.4, 0.5) is 0 Å². The number of thioether (sulfide) groups is 1. The van der Waals surface area contributed by atoms with Gasteiger partial charge in [-0.15, -0.1) is 18.3 Å². The summed E-state index contributed by atoms with van der Waals surface area (Å²) in [5.41, 5.74) is 2.57. The Morgan fingerprint density at radius 2 is 2.05 bits per heavy atom. The van der Waals surface area contributed by atoms with E-state index in [1.807, 2.05) is 30.3 Å². The predicted octanol–water partition coefficient (Wildman–Crippen LogP) is 3.67. The van der Waals surface area contributed by atoms with Crippen LogP contribution in [0.25, 0.3) is 15.9 Å². The second-order valence-corrected chi connectivity index (χ2v) is 5.55. The molecule has 0 radical (unpaired) electrons. The summed E-state index contributed by atoms with van der Waals surface area (Å²) in [7, 11) is 1.63. The minimum atomic E-state index is 0.424. The van der Waals surface area contributed by atoms with E-state index in [9.17, 15) is 0 Å². The van der Waals surface area contributed by atoms with Gasteiger partial charge in [0.15, 0.2) is 0 Å². The van der Waals surface area contributed by atoms with E-state index in [0.29, 0.717) is 11.1 Å². The Morgan fingerprint density at radius 3 is 2.68 bits per heavy atom. The molecule has 19 heavy (non-hydrogen) atoms. The third kappa shape index (κ3) is 2.24. The standard InChI is InChI=1S/C15H14N2OS/c1-3-10-8-9-13(19-10)14-15(18-2)17-12-7-5-4-6-11(12)16-14/h3-7,9-10H,1,8H2,2H3. The monoisotopic (exact) mass is 270 g/mol. The number of hydrogen-bond acceptors (Lipinski definition) is 4. The fourth-order valence-corrected chi connectivity index (χ4v) is 3.12. The van der Waals surface area contributed by atoms with Gasteiger partial charge < -0.3 is 4.74 Å². The van der Waals surface area contributed by atoms with Crippen LogP contribution in [0.3, 0.4) is 0 Å². The number of nitrogens with zero attached hydrogens (tertiary/aromatic N) is 2. The van der Waals surface area contributed by atoms with Crippen LogP contribution in [-0.4, -0.2) is 22.3 Å². The molecule has 1 atom stereocenters. The van der Waals surface area contributed by atoms with E-state index in [4.69, 9.17) is 4.74 Å². The van der Waals surface area contributed by atoms with Crippen molar-refractivity contribution in [3.63, 3.8) is 0 Å². The molecule has 0 spiro atoms. The number of aromatic nitrogens is 2. The molecular formula is C15H14N2OS. The van der Waals surface area contributed by atoms with Crippen LogP contribution in [0, 0.1) is 0 Å². The quantitative estimate of drug-likeness (QED) is 0.797. The van der Waals surface area contributed by atoms with Gasteiger partial charge in [-0.3, -0.25) is 0 Å². The van der Waals surface area contributed by atoms with E-state index < -0.39 is 0 Å². The third-order valence-corrected chi connectivity index (χ3v) is 4.34. The molecule has 96 valence electrons. The minimum Gasteiger partial charge on any atom is -0.479 e. The molecular weight excluding hydrogens is 256 g/mol. The first-order valence-electron chi connectivity index (χ1n) is 6.12. The summed E-state index contributed by atoms with van der Waals surface area (Å²) in [5.74, 6) is 0.585. The molecule has 0 amide bonds. The Hall–Kier alpha value is -1.81. The lowest BCUT2D eigenvalue weighted by molar-refractivity contribution is 0.396. The summed E-state index contributed by atoms with van der Waals surface area (Å²) in [6.07, 6.45) is 5.13. The molecule has 0 saturated carbocycles. The summed E-state index contributed by atoms with van der Waals surface area (Å²) in [4.78, 5) is 10.3. The highest BCUT2D eigenvalue weighted by Gasteiger charge is 2.21. The number of ether oxygens (including phenoxy) is 1. The van der Waals surface area contributed by atoms with Crippen LogP contribution in [0.2, 0.25) is 0 Å². The van der Waals surface area contributed by atoms with E-state index in [2.05, 4.69) is 22.6 Å². The summed E-state index contributed by atoms with van der Waals surface area (Å²) >= 11 is 1.76. The molecule has 2 aromatic rings. The van der Waals surface area contributed by atoms with Crippen molar-refractivity contribution in [2.75, 3.05) is 7.11 Å². The molecule has 0 fully saturated rings. The zero-order valence-electron chi connectivity index (χ0n) is 10.7. The smallest absolute Gasteiger partial charge is 0.241 e. The molecule has 1 aromatic heterocycles. The summed E-state index contributed by atoms with van der Waals surface area (Å²) < 4.78 is 5.38. The van der Waals surface area contributed by atoms with Crippen molar-refractivity contribution in [3.8, 4) is 5.88 Å². The van der Waals surface area contributed by atoms with Gasteiger partial charge in [-0.05, 0) is 18.6 Å². The maximum absolute atomic E-state index is 5.38. The number of para-hydroxylation sites is 2. The SMILES string of the molecule is C=CC1CC=C(c2nc3ccccc3nc2OC)S1. The van der Waals surface area contributed by atoms with Gasteiger partial charge in [0, 0.05) is 10.2 Å². The number of fused-ring (bicyclic) bond motifs is 1. The highest BCUT2D eigenvalue weighted by Crippen LogP contribution is 2.41. The Morgan fingerprint density at radius 1 is 1.32 bits per heavy atom. The zero-order valence-corrected chi connectivity index (χ0v) is 11.5. The lowest BCUT2D eigenvalue weighted by Crippen LogP contribution is -1.98. The molecule has 0 N–H and O–H groups in total. The van der Waals surface area contributed by atoms with E-state index in [1.165, 1.54) is 0 Å². The second kappa shape index (κ2) is 5.05. The van der Waals surface area contributed by atoms with Crippen LogP contribution < -0.4 is 4.74 Å². The number of allylic oxidation sites excluding steroid dienone is 1. The molecule has 0 saturated heterocycles. The summed E-state index contributed by atoms with van der Waals surface area (Å²) in [6.45, 7) is 3.84. The summed E-state index contributed by atoms with van der Waals surface area (Å²) in [5, 5.41) is 0.424. The molecule has 1 aliphatic heterocycles. The van der Waals surface area contributed by atoms with Gasteiger partial charge in [-0.2, -0.15) is 0 Å². The van der Waals surface area contributed by atoms with Gasteiger partial charge in [0.25, 0.3) is 0 Å². The molecule has 4 heteroatoms. The van der Waals surface area contributed by atoms with Gasteiger partial charge >= 0.3 is 0 Å². The van der Waals surface area contributed by atoms with Crippen molar-refractivity contribution >= 4 is 27.7 Å². The molecule has 0 bridgehead atoms. The third-order valence-electron chi connectivity index (χ3n) is 3.04. The van der Waals surface area contributed by atoms with E-state index in [-0.39, 0.29) is 0 Å². The average molecular weight is 270 g/mol. The Labute approximate surface area is 116 Å². The Kier molecular flexibility index (Phi) is 3.25. The van der Waals surface area contributed by atoms with Crippen LogP contribution in [0.1, 0.15) is 12.1 Å². The normalized spacial score (nSPS) is 18.4. The zero-order chi connectivity index (χ0) is 13.2. The van der Waals surface area contributed by atoms with Crippen molar-refractivity contribution < 1.29 is 4.74 Å². The van der Waals surface area contributed by atoms with Crippen molar-refractivity contribution in [3.05, 3.63) is 48.7 Å². The van der Waals surface area contributed by atoms with Crippen LogP contribution >= 0.6 is 11.8 Å². The van der Waals surface area contributed by atoms with E-state index in [1.54, 1.807) is 18.9 Å². The predicted molar refractivity (Wildman–Crippen MR) is 80.3 cm³/mol. The second-order valence-electron chi connectivity index (χ2n) is 4.27. The van der Waals surface area contributed by atoms with Crippen molar-refractivity contribution in [1.29, 1.82) is 0 Å². The van der Waals surface area contributed by atoms with Gasteiger partial charge in [-0.25, -0.2) is 9.97 Å². The molecule has 3 nitrogen and oxygen atoms in total. The van der Waals surface area contributed by atoms with Crippen LogP contribution in [-0.2, 0) is 0 Å². The first-order valence-corrected chi connectivity index (χ1v) is 7.00. The topological polar surface area (TPSA) is 35.0 Å². The highest BCUT2D eigenvalue weighted by molar-refractivity contribution is 8.09. The number of hydrogen-bond donors (Lipinski definition) is 0. The number of methoxy groups -OCH3 is 1. The molecule has 3 rings (SSSR count). The maximum atomic E-state index is 5.38. The molecule has 1 aromatic carbocycles. The average Bonchev–Trinajstić information content (AvgIpc) is 2.94. The van der Waals surface area contributed by atoms with E-state index >= 15 is 0 Å². The lowest BCUT2D eigenvalue weighted by atomic mass is 10.2. The largest absolute Gasteiger partial charge is 0.479 e. The maximum Gasteiger partial charge on any atom is 0.241 e. The van der Waals surface area contributed by atoms with Gasteiger partial charge in [-0.1, -0.05) is 24.3 Å². The van der Waals surface area contributed by atoms with Crippen molar-refractivity contribution in [1.82, 2.24) is 9.97 Å². The Balaban J connectivity index is 2.09. The van der Waals surface area contributed by atoms with Crippen molar-refractivity contribution in [2.24, 2.45) is 0 Å². The van der Waals surface area contributed by atoms with Gasteiger partial charge in [0.1, 0.15) is 5.69 Å². The minimum absolute atomic E-state index is 0.424. The lowest BCUT2D eigenvalue weighted by Gasteiger charge is -2.09. The van der Waals surface area contributed by atoms with Crippen molar-refractivity contribution in [2.45, 2.75) is 11.7 Å². The molecule has 2 heterocycles. The Bertz CT molecular complexity index is 666. The van der Waals surface area contributed by atoms with Crippen LogP contribution in [0.5, 0.6) is 5.88 Å². The first-order chi connectivity index (χ1) is 9.31.